The van der Waals surface area contributed by atoms with E-state index in [0.717, 1.165) is 11.3 Å². The van der Waals surface area contributed by atoms with Crippen molar-refractivity contribution in [1.29, 1.82) is 0 Å². The van der Waals surface area contributed by atoms with Crippen LogP contribution in [0.15, 0.2) is 6.20 Å². The zero-order chi connectivity index (χ0) is 18.7. The second-order valence-corrected chi connectivity index (χ2v) is 6.56. The molecule has 134 valence electrons. The molecular weight excluding hydrogens is 368 g/mol. The molecule has 0 aliphatic carbocycles. The Balaban J connectivity index is 2.29. The number of nitrogens with zero attached hydrogens (tertiary/aromatic N) is 2. The molecule has 25 heavy (non-hydrogen) atoms. The fraction of sp³-hybridized carbons (Fsp3) is 0.333. The van der Waals surface area contributed by atoms with Crippen LogP contribution in [0.4, 0.5) is 5.00 Å². The summed E-state index contributed by atoms with van der Waals surface area (Å²) in [7, 11) is 0. The zero-order valence-corrected chi connectivity index (χ0v) is 15.5. The monoisotopic (exact) mass is 384 g/mol. The lowest BCUT2D eigenvalue weighted by Crippen LogP contribution is -2.21. The van der Waals surface area contributed by atoms with Crippen molar-refractivity contribution >= 4 is 45.7 Å². The summed E-state index contributed by atoms with van der Waals surface area (Å²) in [5, 5.41) is 7.28. The van der Waals surface area contributed by atoms with Crippen molar-refractivity contribution in [1.82, 2.24) is 9.78 Å². The maximum absolute atomic E-state index is 12.3. The average molecular weight is 385 g/mol. The molecule has 2 rings (SSSR count). The van der Waals surface area contributed by atoms with Gasteiger partial charge in [-0.15, -0.1) is 11.3 Å². The largest absolute Gasteiger partial charge is 0.462 e. The molecule has 2 amide bonds. The number of hydrogen-bond acceptors (Lipinski definition) is 6. The molecule has 0 aromatic carbocycles. The van der Waals surface area contributed by atoms with E-state index < -0.39 is 17.8 Å². The smallest absolute Gasteiger partial charge is 0.341 e. The van der Waals surface area contributed by atoms with Gasteiger partial charge < -0.3 is 15.8 Å². The van der Waals surface area contributed by atoms with Gasteiger partial charge >= 0.3 is 5.97 Å². The number of carbonyl (C=O) groups excluding carboxylic acids is 3. The minimum absolute atomic E-state index is 0.0936. The summed E-state index contributed by atoms with van der Waals surface area (Å²) in [5.74, 6) is -1.73. The zero-order valence-electron chi connectivity index (χ0n) is 13.9. The summed E-state index contributed by atoms with van der Waals surface area (Å²) < 4.78 is 6.42. The summed E-state index contributed by atoms with van der Waals surface area (Å²) in [5.41, 5.74) is 6.48. The maximum Gasteiger partial charge on any atom is 0.341 e. The number of amides is 2. The van der Waals surface area contributed by atoms with Gasteiger partial charge in [0.25, 0.3) is 5.91 Å². The molecular formula is C15H17ClN4O4S. The average Bonchev–Trinajstić information content (AvgIpc) is 3.02. The van der Waals surface area contributed by atoms with E-state index in [2.05, 4.69) is 10.4 Å². The van der Waals surface area contributed by atoms with Crippen molar-refractivity contribution < 1.29 is 19.1 Å². The summed E-state index contributed by atoms with van der Waals surface area (Å²) in [6, 6.07) is 0. The van der Waals surface area contributed by atoms with Crippen LogP contribution in [-0.2, 0) is 16.1 Å². The van der Waals surface area contributed by atoms with Crippen LogP contribution in [0.3, 0.4) is 0 Å². The number of halogens is 1. The SMILES string of the molecule is CCOC(=O)c1c(NC(=O)Cn2ncc(Cl)c2C)sc(C(N)=O)c1C. The van der Waals surface area contributed by atoms with Gasteiger partial charge in [0.15, 0.2) is 0 Å². The minimum atomic E-state index is -0.678. The summed E-state index contributed by atoms with van der Waals surface area (Å²) in [6.45, 7) is 5.04. The quantitative estimate of drug-likeness (QED) is 0.740. The standard InChI is InChI=1S/C15H17ClN4O4S/c1-4-24-15(23)11-7(2)12(13(17)22)25-14(11)19-10(21)6-20-8(3)9(16)5-18-20/h5H,4,6H2,1-3H3,(H2,17,22)(H,19,21). The lowest BCUT2D eigenvalue weighted by molar-refractivity contribution is -0.116. The molecule has 0 radical (unpaired) electrons. The number of rotatable bonds is 6. The third kappa shape index (κ3) is 3.99. The van der Waals surface area contributed by atoms with Crippen molar-refractivity contribution in [3.05, 3.63) is 32.9 Å². The van der Waals surface area contributed by atoms with Crippen LogP contribution in [0.1, 0.15) is 38.2 Å². The summed E-state index contributed by atoms with van der Waals surface area (Å²) in [6.07, 6.45) is 1.44. The highest BCUT2D eigenvalue weighted by molar-refractivity contribution is 7.18. The molecule has 0 saturated carbocycles. The van der Waals surface area contributed by atoms with E-state index in [1.807, 2.05) is 0 Å². The van der Waals surface area contributed by atoms with Crippen molar-refractivity contribution in [3.63, 3.8) is 0 Å². The second kappa shape index (κ2) is 7.66. The van der Waals surface area contributed by atoms with Gasteiger partial charge in [0.2, 0.25) is 5.91 Å². The molecule has 0 bridgehead atoms. The Morgan fingerprint density at radius 2 is 2.08 bits per heavy atom. The second-order valence-electron chi connectivity index (χ2n) is 5.13. The van der Waals surface area contributed by atoms with Crippen LogP contribution in [0.25, 0.3) is 0 Å². The van der Waals surface area contributed by atoms with Crippen LogP contribution in [0.5, 0.6) is 0 Å². The third-order valence-corrected chi connectivity index (χ3v) is 5.03. The van der Waals surface area contributed by atoms with Gasteiger partial charge in [0, 0.05) is 0 Å². The van der Waals surface area contributed by atoms with Crippen LogP contribution in [0.2, 0.25) is 5.02 Å². The normalized spacial score (nSPS) is 10.6. The molecule has 0 aliphatic heterocycles. The number of carbonyl (C=O) groups is 3. The molecule has 8 nitrogen and oxygen atoms in total. The topological polar surface area (TPSA) is 116 Å². The number of nitrogens with one attached hydrogen (secondary N) is 1. The summed E-state index contributed by atoms with van der Waals surface area (Å²) in [4.78, 5) is 36.2. The Bertz CT molecular complexity index is 843. The first-order valence-corrected chi connectivity index (χ1v) is 8.53. The number of hydrogen-bond donors (Lipinski definition) is 2. The number of ether oxygens (including phenoxy) is 1. The fourth-order valence-electron chi connectivity index (χ4n) is 2.17. The molecule has 0 aliphatic rings. The third-order valence-electron chi connectivity index (χ3n) is 3.44. The molecule has 10 heteroatoms. The Morgan fingerprint density at radius 1 is 1.40 bits per heavy atom. The Kier molecular flexibility index (Phi) is 5.81. The van der Waals surface area contributed by atoms with E-state index in [9.17, 15) is 14.4 Å². The number of primary amides is 1. The van der Waals surface area contributed by atoms with Crippen molar-refractivity contribution in [3.8, 4) is 0 Å². The Morgan fingerprint density at radius 3 is 2.60 bits per heavy atom. The highest BCUT2D eigenvalue weighted by Crippen LogP contribution is 2.33. The predicted molar refractivity (Wildman–Crippen MR) is 94.1 cm³/mol. The van der Waals surface area contributed by atoms with E-state index >= 15 is 0 Å². The van der Waals surface area contributed by atoms with Crippen molar-refractivity contribution in [2.24, 2.45) is 5.73 Å². The van der Waals surface area contributed by atoms with Gasteiger partial charge in [-0.2, -0.15) is 5.10 Å². The number of esters is 1. The van der Waals surface area contributed by atoms with Crippen LogP contribution < -0.4 is 11.1 Å². The Hall–Kier alpha value is -2.39. The molecule has 2 aromatic rings. The number of nitrogens with two attached hydrogens (primary N) is 1. The van der Waals surface area contributed by atoms with Gasteiger partial charge in [-0.3, -0.25) is 14.3 Å². The van der Waals surface area contributed by atoms with E-state index in [-0.39, 0.29) is 28.6 Å². The van der Waals surface area contributed by atoms with Gasteiger partial charge in [0.1, 0.15) is 11.5 Å². The van der Waals surface area contributed by atoms with Crippen LogP contribution in [-0.4, -0.2) is 34.2 Å². The van der Waals surface area contributed by atoms with Gasteiger partial charge in [-0.1, -0.05) is 11.6 Å². The number of thiophene rings is 1. The minimum Gasteiger partial charge on any atom is -0.462 e. The van der Waals surface area contributed by atoms with E-state index in [1.54, 1.807) is 20.8 Å². The van der Waals surface area contributed by atoms with E-state index in [0.29, 0.717) is 16.3 Å². The predicted octanol–water partition coefficient (Wildman–Crippen LogP) is 2.13. The van der Waals surface area contributed by atoms with Gasteiger partial charge in [-0.25, -0.2) is 4.79 Å². The van der Waals surface area contributed by atoms with Crippen molar-refractivity contribution in [2.45, 2.75) is 27.3 Å². The molecule has 2 heterocycles. The molecule has 3 N–H and O–H groups in total. The molecule has 0 fully saturated rings. The van der Waals surface area contributed by atoms with Crippen LogP contribution >= 0.6 is 22.9 Å². The first kappa shape index (κ1) is 18.9. The van der Waals surface area contributed by atoms with Gasteiger partial charge in [-0.05, 0) is 26.3 Å². The fourth-order valence-corrected chi connectivity index (χ4v) is 3.38. The molecule has 0 spiro atoms. The molecule has 0 atom stereocenters. The van der Waals surface area contributed by atoms with E-state index in [1.165, 1.54) is 10.9 Å². The molecule has 0 unspecified atom stereocenters. The lowest BCUT2D eigenvalue weighted by Gasteiger charge is -2.08. The number of aromatic nitrogens is 2. The maximum atomic E-state index is 12.3. The molecule has 2 aromatic heterocycles. The van der Waals surface area contributed by atoms with Crippen molar-refractivity contribution in [2.75, 3.05) is 11.9 Å². The lowest BCUT2D eigenvalue weighted by atomic mass is 10.1. The first-order chi connectivity index (χ1) is 11.8. The highest BCUT2D eigenvalue weighted by atomic mass is 35.5. The first-order valence-electron chi connectivity index (χ1n) is 7.34. The van der Waals surface area contributed by atoms with Crippen LogP contribution in [0, 0.1) is 13.8 Å². The van der Waals surface area contributed by atoms with E-state index in [4.69, 9.17) is 22.1 Å². The molecule has 0 saturated heterocycles. The Labute approximate surface area is 152 Å². The number of anilines is 1. The highest BCUT2D eigenvalue weighted by Gasteiger charge is 2.25. The summed E-state index contributed by atoms with van der Waals surface area (Å²) >= 11 is 6.84. The van der Waals surface area contributed by atoms with Gasteiger partial charge in [0.05, 0.1) is 34.0 Å².